The molecule has 0 unspecified atom stereocenters. The zero-order valence-electron chi connectivity index (χ0n) is 17.0. The van der Waals surface area contributed by atoms with Crippen molar-refractivity contribution in [1.82, 2.24) is 9.80 Å². The van der Waals surface area contributed by atoms with Crippen LogP contribution in [0.4, 0.5) is 5.69 Å². The van der Waals surface area contributed by atoms with Gasteiger partial charge in [-0.15, -0.1) is 0 Å². The molecule has 0 spiro atoms. The zero-order valence-corrected chi connectivity index (χ0v) is 17.0. The Morgan fingerprint density at radius 2 is 1.69 bits per heavy atom. The van der Waals surface area contributed by atoms with E-state index >= 15 is 0 Å². The minimum Gasteiger partial charge on any atom is -0.375 e. The number of benzene rings is 2. The molecule has 0 saturated carbocycles. The van der Waals surface area contributed by atoms with Gasteiger partial charge in [0.1, 0.15) is 6.04 Å². The lowest BCUT2D eigenvalue weighted by molar-refractivity contribution is -0.137. The Kier molecular flexibility index (Phi) is 7.25. The van der Waals surface area contributed by atoms with Crippen molar-refractivity contribution in [3.05, 3.63) is 66.2 Å². The van der Waals surface area contributed by atoms with Crippen LogP contribution in [0.1, 0.15) is 18.4 Å². The number of primary amides is 1. The SMILES string of the molecule is CN(CCCC(=O)N1CCN(Cc2ccccc2)[C@@H](C(N)=O)C1)c1ccccc1. The van der Waals surface area contributed by atoms with Crippen molar-refractivity contribution in [3.63, 3.8) is 0 Å². The highest BCUT2D eigenvalue weighted by Crippen LogP contribution is 2.16. The second-order valence-corrected chi connectivity index (χ2v) is 7.57. The summed E-state index contributed by atoms with van der Waals surface area (Å²) in [5, 5.41) is 0. The molecule has 6 nitrogen and oxygen atoms in total. The number of carbonyl (C=O) groups excluding carboxylic acids is 2. The van der Waals surface area contributed by atoms with Gasteiger partial charge in [-0.1, -0.05) is 48.5 Å². The minimum atomic E-state index is -0.445. The second kappa shape index (κ2) is 10.1. The Hall–Kier alpha value is -2.86. The fourth-order valence-corrected chi connectivity index (χ4v) is 3.76. The Balaban J connectivity index is 1.49. The van der Waals surface area contributed by atoms with Crippen LogP contribution in [0, 0.1) is 0 Å². The van der Waals surface area contributed by atoms with E-state index in [9.17, 15) is 9.59 Å². The third-order valence-electron chi connectivity index (χ3n) is 5.48. The predicted octanol–water partition coefficient (Wildman–Crippen LogP) is 2.10. The molecule has 2 N–H and O–H groups in total. The van der Waals surface area contributed by atoms with Crippen LogP contribution < -0.4 is 10.6 Å². The van der Waals surface area contributed by atoms with Crippen molar-refractivity contribution in [2.24, 2.45) is 5.73 Å². The highest BCUT2D eigenvalue weighted by Gasteiger charge is 2.32. The normalized spacial score (nSPS) is 17.1. The van der Waals surface area contributed by atoms with E-state index in [2.05, 4.69) is 21.9 Å². The van der Waals surface area contributed by atoms with Gasteiger partial charge in [0, 0.05) is 51.9 Å². The number of anilines is 1. The molecule has 1 heterocycles. The van der Waals surface area contributed by atoms with Crippen molar-refractivity contribution in [3.8, 4) is 0 Å². The number of carbonyl (C=O) groups is 2. The molecule has 29 heavy (non-hydrogen) atoms. The van der Waals surface area contributed by atoms with Crippen molar-refractivity contribution < 1.29 is 9.59 Å². The number of nitrogens with two attached hydrogens (primary N) is 1. The van der Waals surface area contributed by atoms with Gasteiger partial charge in [-0.2, -0.15) is 0 Å². The number of hydrogen-bond donors (Lipinski definition) is 1. The summed E-state index contributed by atoms with van der Waals surface area (Å²) in [6.45, 7) is 3.12. The van der Waals surface area contributed by atoms with Gasteiger partial charge in [0.05, 0.1) is 0 Å². The molecule has 2 amide bonds. The van der Waals surface area contributed by atoms with Crippen LogP contribution in [0.15, 0.2) is 60.7 Å². The third-order valence-corrected chi connectivity index (χ3v) is 5.48. The quantitative estimate of drug-likeness (QED) is 0.744. The average molecular weight is 395 g/mol. The first-order chi connectivity index (χ1) is 14.0. The number of piperazine rings is 1. The van der Waals surface area contributed by atoms with Gasteiger partial charge in [-0.25, -0.2) is 0 Å². The maximum absolute atomic E-state index is 12.7. The zero-order chi connectivity index (χ0) is 20.6. The van der Waals surface area contributed by atoms with Crippen molar-refractivity contribution in [1.29, 1.82) is 0 Å². The molecule has 2 aromatic rings. The Labute approximate surface area is 172 Å². The lowest BCUT2D eigenvalue weighted by atomic mass is 10.1. The van der Waals surface area contributed by atoms with Crippen LogP contribution in [-0.4, -0.2) is 60.9 Å². The van der Waals surface area contributed by atoms with E-state index in [1.165, 1.54) is 0 Å². The summed E-state index contributed by atoms with van der Waals surface area (Å²) < 4.78 is 0. The number of rotatable bonds is 8. The summed E-state index contributed by atoms with van der Waals surface area (Å²) in [4.78, 5) is 30.7. The summed E-state index contributed by atoms with van der Waals surface area (Å²) in [6.07, 6.45) is 1.25. The monoisotopic (exact) mass is 394 g/mol. The second-order valence-electron chi connectivity index (χ2n) is 7.57. The number of amides is 2. The lowest BCUT2D eigenvalue weighted by Crippen LogP contribution is -2.58. The Bertz CT molecular complexity index is 797. The molecule has 0 aliphatic carbocycles. The van der Waals surface area contributed by atoms with E-state index in [0.717, 1.165) is 24.2 Å². The minimum absolute atomic E-state index is 0.0945. The summed E-state index contributed by atoms with van der Waals surface area (Å²) in [5.74, 6) is -0.278. The molecular formula is C23H30N4O2. The summed E-state index contributed by atoms with van der Waals surface area (Å²) in [6, 6.07) is 19.7. The largest absolute Gasteiger partial charge is 0.375 e. The summed E-state index contributed by atoms with van der Waals surface area (Å²) >= 11 is 0. The molecule has 1 aliphatic heterocycles. The highest BCUT2D eigenvalue weighted by atomic mass is 16.2. The molecule has 1 fully saturated rings. The van der Waals surface area contributed by atoms with E-state index in [0.29, 0.717) is 32.6 Å². The molecule has 1 aliphatic rings. The van der Waals surface area contributed by atoms with Gasteiger partial charge in [0.2, 0.25) is 11.8 Å². The van der Waals surface area contributed by atoms with Gasteiger partial charge < -0.3 is 15.5 Å². The van der Waals surface area contributed by atoms with Gasteiger partial charge in [-0.05, 0) is 24.1 Å². The van der Waals surface area contributed by atoms with E-state index in [4.69, 9.17) is 5.73 Å². The van der Waals surface area contributed by atoms with Crippen molar-refractivity contribution >= 4 is 17.5 Å². The maximum Gasteiger partial charge on any atom is 0.236 e. The summed E-state index contributed by atoms with van der Waals surface area (Å²) in [5.41, 5.74) is 7.94. The third kappa shape index (κ3) is 5.81. The van der Waals surface area contributed by atoms with Crippen LogP contribution >= 0.6 is 0 Å². The predicted molar refractivity (Wildman–Crippen MR) is 115 cm³/mol. The molecule has 3 rings (SSSR count). The van der Waals surface area contributed by atoms with Gasteiger partial charge in [-0.3, -0.25) is 14.5 Å². The summed E-state index contributed by atoms with van der Waals surface area (Å²) in [7, 11) is 2.03. The fourth-order valence-electron chi connectivity index (χ4n) is 3.76. The highest BCUT2D eigenvalue weighted by molar-refractivity contribution is 5.82. The van der Waals surface area contributed by atoms with Gasteiger partial charge >= 0.3 is 0 Å². The molecule has 0 bridgehead atoms. The van der Waals surface area contributed by atoms with Gasteiger partial charge in [0.25, 0.3) is 0 Å². The smallest absolute Gasteiger partial charge is 0.236 e. The Morgan fingerprint density at radius 3 is 2.34 bits per heavy atom. The first-order valence-electron chi connectivity index (χ1n) is 10.2. The van der Waals surface area contributed by atoms with E-state index < -0.39 is 6.04 Å². The average Bonchev–Trinajstić information content (AvgIpc) is 2.75. The number of para-hydroxylation sites is 1. The number of nitrogens with zero attached hydrogens (tertiary/aromatic N) is 3. The lowest BCUT2D eigenvalue weighted by Gasteiger charge is -2.40. The van der Waals surface area contributed by atoms with Crippen molar-refractivity contribution in [2.45, 2.75) is 25.4 Å². The van der Waals surface area contributed by atoms with E-state index in [1.807, 2.05) is 55.6 Å². The van der Waals surface area contributed by atoms with E-state index in [1.54, 1.807) is 4.90 Å². The van der Waals surface area contributed by atoms with Crippen LogP contribution in [0.2, 0.25) is 0 Å². The molecule has 0 aromatic heterocycles. The van der Waals surface area contributed by atoms with Crippen molar-refractivity contribution in [2.75, 3.05) is 38.1 Å². The molecule has 1 saturated heterocycles. The molecule has 6 heteroatoms. The van der Waals surface area contributed by atoms with Crippen LogP contribution in [0.3, 0.4) is 0 Å². The first kappa shape index (κ1) is 20.9. The van der Waals surface area contributed by atoms with Crippen LogP contribution in [0.25, 0.3) is 0 Å². The first-order valence-corrected chi connectivity index (χ1v) is 10.2. The standard InChI is InChI=1S/C23H30N4O2/c1-25(20-11-6-3-7-12-20)14-8-13-22(28)27-16-15-26(21(18-27)23(24)29)17-19-9-4-2-5-10-19/h2-7,9-12,21H,8,13-18H2,1H3,(H2,24,29)/t21-/m1/s1. The molecule has 154 valence electrons. The topological polar surface area (TPSA) is 69.9 Å². The number of hydrogen-bond acceptors (Lipinski definition) is 4. The van der Waals surface area contributed by atoms with Crippen LogP contribution in [0.5, 0.6) is 0 Å². The Morgan fingerprint density at radius 1 is 1.03 bits per heavy atom. The molecule has 2 aromatic carbocycles. The molecule has 0 radical (unpaired) electrons. The van der Waals surface area contributed by atoms with Crippen LogP contribution in [-0.2, 0) is 16.1 Å². The van der Waals surface area contributed by atoms with E-state index in [-0.39, 0.29) is 11.8 Å². The van der Waals surface area contributed by atoms with Gasteiger partial charge in [0.15, 0.2) is 0 Å². The molecular weight excluding hydrogens is 364 g/mol. The fraction of sp³-hybridized carbons (Fsp3) is 0.391. The molecule has 1 atom stereocenters. The maximum atomic E-state index is 12.7.